The van der Waals surface area contributed by atoms with E-state index in [0.29, 0.717) is 0 Å². The maximum atomic E-state index is 5.53. The van der Waals surface area contributed by atoms with Crippen molar-refractivity contribution < 1.29 is 0 Å². The van der Waals surface area contributed by atoms with Crippen molar-refractivity contribution in [1.82, 2.24) is 0 Å². The molecule has 0 N–H and O–H groups in total. The predicted octanol–water partition coefficient (Wildman–Crippen LogP) is 6.67. The molecule has 122 valence electrons. The van der Waals surface area contributed by atoms with Crippen LogP contribution in [0.15, 0.2) is 0 Å². The molecule has 20 heavy (non-hydrogen) atoms. The Morgan fingerprint density at radius 1 is 0.500 bits per heavy atom. The highest BCUT2D eigenvalue weighted by Crippen LogP contribution is 2.22. The van der Waals surface area contributed by atoms with Gasteiger partial charge in [-0.2, -0.15) is 0 Å². The Bertz CT molecular complexity index is 190. The average Bonchev–Trinajstić information content (AvgIpc) is 2.41. The van der Waals surface area contributed by atoms with Gasteiger partial charge in [0.2, 0.25) is 0 Å². The molecule has 0 bridgehead atoms. The van der Waals surface area contributed by atoms with Crippen LogP contribution in [0.25, 0.3) is 0 Å². The van der Waals surface area contributed by atoms with E-state index in [4.69, 9.17) is 25.3 Å². The van der Waals surface area contributed by atoms with Crippen molar-refractivity contribution in [3.63, 3.8) is 0 Å². The molecule has 0 rings (SSSR count). The van der Waals surface area contributed by atoms with E-state index in [1.807, 2.05) is 0 Å². The topological polar surface area (TPSA) is 0 Å². The summed E-state index contributed by atoms with van der Waals surface area (Å²) in [5.41, 5.74) is 0. The van der Waals surface area contributed by atoms with E-state index in [9.17, 15) is 0 Å². The lowest BCUT2D eigenvalue weighted by Crippen LogP contribution is -2.21. The summed E-state index contributed by atoms with van der Waals surface area (Å²) in [5.74, 6) is 0. The Hall–Kier alpha value is 0.700. The number of unbranched alkanes of at least 4 members (excludes halogenated alkanes) is 11. The smallest absolute Gasteiger partial charge is 0.0533 e. The fourth-order valence-corrected chi connectivity index (χ4v) is 3.23. The second-order valence-corrected chi connectivity index (χ2v) is 8.12. The average molecular weight is 317 g/mol. The van der Waals surface area contributed by atoms with Crippen molar-refractivity contribution >= 4 is 25.3 Å². The van der Waals surface area contributed by atoms with Gasteiger partial charge < -0.3 is 25.3 Å². The zero-order valence-corrected chi connectivity index (χ0v) is 15.6. The van der Waals surface area contributed by atoms with Crippen LogP contribution >= 0.6 is 0 Å². The summed E-state index contributed by atoms with van der Waals surface area (Å²) in [6.45, 7) is 4.51. The zero-order chi connectivity index (χ0) is 15.1. The Morgan fingerprint density at radius 2 is 0.800 bits per heavy atom. The normalized spacial score (nSPS) is 12.0. The van der Waals surface area contributed by atoms with Gasteiger partial charge in [0.05, 0.1) is 0 Å². The summed E-state index contributed by atoms with van der Waals surface area (Å²) in [6, 6.07) is 0. The molecular weight excluding hydrogens is 280 g/mol. The van der Waals surface area contributed by atoms with Gasteiger partial charge in [-0.05, 0) is 0 Å². The quantitative estimate of drug-likeness (QED) is 0.244. The van der Waals surface area contributed by atoms with Crippen molar-refractivity contribution in [2.45, 2.75) is 114 Å². The van der Waals surface area contributed by atoms with E-state index in [-0.39, 0.29) is 4.08 Å². The van der Waals surface area contributed by atoms with Crippen molar-refractivity contribution in [3.05, 3.63) is 0 Å². The fourth-order valence-electron chi connectivity index (χ4n) is 2.65. The summed E-state index contributed by atoms with van der Waals surface area (Å²) >= 11 is 11.1. The Balaban J connectivity index is 3.25. The van der Waals surface area contributed by atoms with Crippen LogP contribution in [0.3, 0.4) is 0 Å². The summed E-state index contributed by atoms with van der Waals surface area (Å²) in [4.78, 5) is 0. The second kappa shape index (κ2) is 14.6. The third kappa shape index (κ3) is 15.1. The van der Waals surface area contributed by atoms with Gasteiger partial charge in [0.15, 0.2) is 0 Å². The van der Waals surface area contributed by atoms with Gasteiger partial charge in [0.1, 0.15) is 0 Å². The van der Waals surface area contributed by atoms with Crippen molar-refractivity contribution in [2.24, 2.45) is 0 Å². The lowest BCUT2D eigenvalue weighted by atomic mass is 10.0. The largest absolute Gasteiger partial charge is 0.811 e. The summed E-state index contributed by atoms with van der Waals surface area (Å²) in [7, 11) is 0. The first-order valence-electron chi connectivity index (χ1n) is 9.03. The van der Waals surface area contributed by atoms with E-state index in [0.717, 1.165) is 12.8 Å². The van der Waals surface area contributed by atoms with Crippen LogP contribution < -0.4 is 0 Å². The van der Waals surface area contributed by atoms with Gasteiger partial charge in [0.25, 0.3) is 0 Å². The summed E-state index contributed by atoms with van der Waals surface area (Å²) in [5, 5.41) is 0. The molecule has 0 aromatic heterocycles. The highest BCUT2D eigenvalue weighted by Gasteiger charge is 2.00. The van der Waals surface area contributed by atoms with Crippen LogP contribution in [0, 0.1) is 0 Å². The maximum Gasteiger partial charge on any atom is -0.0533 e. The SMILES string of the molecule is CCCCCCCCCCCCC([S-])([S-])CCCCC. The van der Waals surface area contributed by atoms with Gasteiger partial charge >= 0.3 is 0 Å². The van der Waals surface area contributed by atoms with Crippen LogP contribution in [0.5, 0.6) is 0 Å². The van der Waals surface area contributed by atoms with Crippen molar-refractivity contribution in [1.29, 1.82) is 0 Å². The first-order chi connectivity index (χ1) is 9.62. The molecule has 0 atom stereocenters. The van der Waals surface area contributed by atoms with E-state index in [2.05, 4.69) is 13.8 Å². The molecule has 0 aliphatic rings. The third-order valence-corrected chi connectivity index (χ3v) is 4.89. The molecule has 0 saturated carbocycles. The third-order valence-electron chi connectivity index (χ3n) is 4.07. The lowest BCUT2D eigenvalue weighted by Gasteiger charge is -2.51. The number of hydrogen-bond acceptors (Lipinski definition) is 2. The highest BCUT2D eigenvalue weighted by molar-refractivity contribution is 7.79. The Labute approximate surface area is 139 Å². The van der Waals surface area contributed by atoms with Crippen molar-refractivity contribution in [2.75, 3.05) is 0 Å². The Morgan fingerprint density at radius 3 is 1.25 bits per heavy atom. The second-order valence-electron chi connectivity index (χ2n) is 6.30. The molecule has 0 amide bonds. The van der Waals surface area contributed by atoms with Gasteiger partial charge in [-0.15, -0.1) is 0 Å². The molecule has 0 nitrogen and oxygen atoms in total. The summed E-state index contributed by atoms with van der Waals surface area (Å²) in [6.07, 6.45) is 19.7. The van der Waals surface area contributed by atoms with Crippen LogP contribution in [-0.4, -0.2) is 4.08 Å². The molecular formula is C18H36S2-2. The molecule has 0 heterocycles. The lowest BCUT2D eigenvalue weighted by molar-refractivity contribution is 0.526. The molecule has 2 heteroatoms. The summed E-state index contributed by atoms with van der Waals surface area (Å²) < 4.78 is -0.241. The molecule has 0 aliphatic heterocycles. The molecule has 0 fully saturated rings. The van der Waals surface area contributed by atoms with Gasteiger partial charge in [0, 0.05) is 0 Å². The molecule has 0 saturated heterocycles. The van der Waals surface area contributed by atoms with E-state index in [1.54, 1.807) is 0 Å². The molecule has 0 aromatic carbocycles. The number of rotatable bonds is 15. The maximum absolute atomic E-state index is 5.53. The molecule has 0 aromatic rings. The molecule has 0 unspecified atom stereocenters. The fraction of sp³-hybridized carbons (Fsp3) is 1.00. The van der Waals surface area contributed by atoms with Crippen LogP contribution in [-0.2, 0) is 25.3 Å². The predicted molar refractivity (Wildman–Crippen MR) is 98.1 cm³/mol. The first-order valence-corrected chi connectivity index (χ1v) is 9.85. The van der Waals surface area contributed by atoms with E-state index >= 15 is 0 Å². The minimum atomic E-state index is -0.241. The van der Waals surface area contributed by atoms with Gasteiger partial charge in [-0.3, -0.25) is 4.08 Å². The molecule has 0 aliphatic carbocycles. The van der Waals surface area contributed by atoms with Gasteiger partial charge in [-0.1, -0.05) is 110 Å². The monoisotopic (exact) mass is 316 g/mol. The minimum Gasteiger partial charge on any atom is -0.811 e. The van der Waals surface area contributed by atoms with Crippen LogP contribution in [0.4, 0.5) is 0 Å². The standard InChI is InChI=1S/C18H38S2/c1-3-5-7-8-9-10-11-12-13-15-17-18(19,20)16-14-6-4-2/h19-20H,3-17H2,1-2H3/p-2. The zero-order valence-electron chi connectivity index (χ0n) is 13.9. The van der Waals surface area contributed by atoms with Crippen LogP contribution in [0.2, 0.25) is 0 Å². The Kier molecular flexibility index (Phi) is 15.1. The van der Waals surface area contributed by atoms with E-state index < -0.39 is 0 Å². The minimum absolute atomic E-state index is 0.241. The molecule has 0 spiro atoms. The van der Waals surface area contributed by atoms with E-state index in [1.165, 1.54) is 83.5 Å². The van der Waals surface area contributed by atoms with Gasteiger partial charge in [-0.25, -0.2) is 0 Å². The number of hydrogen-bond donors (Lipinski definition) is 0. The first kappa shape index (κ1) is 20.7. The van der Waals surface area contributed by atoms with Crippen molar-refractivity contribution in [3.8, 4) is 0 Å². The molecule has 0 radical (unpaired) electrons. The highest BCUT2D eigenvalue weighted by atomic mass is 32.2. The van der Waals surface area contributed by atoms with Crippen LogP contribution in [0.1, 0.15) is 110 Å².